The van der Waals surface area contributed by atoms with Crippen molar-refractivity contribution < 1.29 is 43.3 Å². The summed E-state index contributed by atoms with van der Waals surface area (Å²) < 4.78 is 25.7. The molecule has 0 spiro atoms. The van der Waals surface area contributed by atoms with Crippen LogP contribution < -0.4 is 27.4 Å². The molecule has 1 unspecified atom stereocenters. The zero-order valence-corrected chi connectivity index (χ0v) is 34.0. The zero-order valence-electron chi connectivity index (χ0n) is 33.1. The molecule has 1 fully saturated rings. The van der Waals surface area contributed by atoms with Gasteiger partial charge < -0.3 is 51.8 Å². The molecule has 5 atom stereocenters. The fourth-order valence-electron chi connectivity index (χ4n) is 8.93. The predicted molar refractivity (Wildman–Crippen MR) is 218 cm³/mol. The molecule has 10 N–H and O–H groups in total. The van der Waals surface area contributed by atoms with Crippen molar-refractivity contribution >= 4 is 42.2 Å². The Bertz CT molecular complexity index is 2350. The van der Waals surface area contributed by atoms with Gasteiger partial charge in [-0.3, -0.25) is 23.8 Å². The lowest BCUT2D eigenvalue weighted by atomic mass is 9.47. The number of ketones is 2. The Morgan fingerprint density at radius 3 is 2.14 bits per heavy atom. The normalized spacial score (nSPS) is 24.8. The van der Waals surface area contributed by atoms with E-state index in [2.05, 4.69) is 5.32 Å². The van der Waals surface area contributed by atoms with Crippen LogP contribution in [0.3, 0.4) is 0 Å². The van der Waals surface area contributed by atoms with Crippen LogP contribution in [0.2, 0.25) is 0 Å². The summed E-state index contributed by atoms with van der Waals surface area (Å²) in [5, 5.41) is 49.9. The second-order valence-corrected chi connectivity index (χ2v) is 17.3. The maximum Gasteiger partial charge on any atom is 0.357 e. The van der Waals surface area contributed by atoms with E-state index < -0.39 is 88.2 Å². The van der Waals surface area contributed by atoms with Gasteiger partial charge in [0.25, 0.3) is 5.91 Å². The minimum atomic E-state index is -3.79. The van der Waals surface area contributed by atoms with Crippen LogP contribution in [0.4, 0.5) is 11.4 Å². The summed E-state index contributed by atoms with van der Waals surface area (Å²) in [5.74, 6) is -6.95. The first-order valence-electron chi connectivity index (χ1n) is 18.6. The number of carbonyl (C=O) groups is 3. The number of amides is 1. The number of fused-ring (bicyclic) bond motifs is 3. The summed E-state index contributed by atoms with van der Waals surface area (Å²) in [5.41, 5.74) is 13.8. The highest BCUT2D eigenvalue weighted by Crippen LogP contribution is 2.62. The molecule has 1 saturated carbocycles. The number of benzene rings is 3. The number of rotatable bonds is 12. The number of aromatic hydroxyl groups is 1. The number of hydrogen-bond acceptors (Lipinski definition) is 15. The molecular formula is C41H48N7O9P. The quantitative estimate of drug-likeness (QED) is 0.101. The van der Waals surface area contributed by atoms with Crippen LogP contribution in [-0.2, 0) is 34.4 Å². The second-order valence-electron chi connectivity index (χ2n) is 15.2. The standard InChI is InChI=1S/C41H48N7O9P/c1-7-56-58(55,57-8-2)38(46-24-12-10-9-11-13-24)23-16-14-22(15-17-23)25-18-27(47(3)4)26-19-39(44)20-41(45)34(48(5)6)33(51)29(37(43)54)35(52)40(41,21-42)36(53)30(39)32(50)28(26)31(25)49/h9-18,34,38,46,49-50,52H,7-8,19-20,44-45H2,1-6H3,(H2,43,54)/t34-,38?,39-,40+,41-/m1/s1. The average molecular weight is 814 g/mol. The molecule has 0 radical (unpaired) electrons. The first kappa shape index (κ1) is 42.1. The lowest BCUT2D eigenvalue weighted by Gasteiger charge is -2.58. The van der Waals surface area contributed by atoms with E-state index in [4.69, 9.17) is 26.2 Å². The van der Waals surface area contributed by atoms with Crippen LogP contribution in [-0.4, -0.2) is 96.2 Å². The van der Waals surface area contributed by atoms with Gasteiger partial charge in [0.2, 0.25) is 0 Å². The Labute approximate surface area is 336 Å². The molecule has 58 heavy (non-hydrogen) atoms. The van der Waals surface area contributed by atoms with Crippen LogP contribution in [0.1, 0.15) is 42.7 Å². The highest BCUT2D eigenvalue weighted by molar-refractivity contribution is 7.54. The lowest BCUT2D eigenvalue weighted by Crippen LogP contribution is -2.80. The van der Waals surface area contributed by atoms with Crippen molar-refractivity contribution in [2.75, 3.05) is 51.6 Å². The van der Waals surface area contributed by atoms with E-state index in [1.165, 1.54) is 19.0 Å². The average Bonchev–Trinajstić information content (AvgIpc) is 3.13. The highest BCUT2D eigenvalue weighted by atomic mass is 31.2. The maximum atomic E-state index is 14.9. The molecule has 0 saturated heterocycles. The van der Waals surface area contributed by atoms with Gasteiger partial charge in [0, 0.05) is 31.0 Å². The number of aliphatic hydroxyl groups excluding tert-OH is 2. The number of nitrogens with two attached hydrogens (primary N) is 3. The maximum absolute atomic E-state index is 14.9. The van der Waals surface area contributed by atoms with Crippen molar-refractivity contribution in [3.05, 3.63) is 94.3 Å². The van der Waals surface area contributed by atoms with E-state index in [-0.39, 0.29) is 30.8 Å². The molecule has 3 aliphatic rings. The Balaban J connectivity index is 1.54. The number of hydrogen-bond donors (Lipinski definition) is 7. The van der Waals surface area contributed by atoms with Crippen molar-refractivity contribution in [3.63, 3.8) is 0 Å². The molecule has 16 nitrogen and oxygen atoms in total. The van der Waals surface area contributed by atoms with Crippen molar-refractivity contribution in [1.82, 2.24) is 4.90 Å². The number of aliphatic hydroxyl groups is 2. The number of carbonyl (C=O) groups excluding carboxylic acids is 3. The first-order chi connectivity index (χ1) is 27.3. The topological polar surface area (TPSA) is 268 Å². The van der Waals surface area contributed by atoms with E-state index in [0.29, 0.717) is 28.1 Å². The number of likely N-dealkylation sites (N-methyl/N-ethyl adjacent to an activating group) is 1. The molecule has 17 heteroatoms. The summed E-state index contributed by atoms with van der Waals surface area (Å²) in [7, 11) is 2.61. The SMILES string of the molecule is CCOP(=O)(OCC)C(Nc1ccccc1)c1ccc(-c2cc(N(C)C)c3c(c2O)C(O)=C2C(=O)[C@]4(C#N)C(O)=C(C(N)=O)C(=O)[C@@H](N(C)C)[C@]4(N)C[C@]2(N)C3)cc1. The first-order valence-corrected chi connectivity index (χ1v) is 20.2. The van der Waals surface area contributed by atoms with Crippen LogP contribution in [0.5, 0.6) is 5.75 Å². The molecule has 3 aliphatic carbocycles. The van der Waals surface area contributed by atoms with Gasteiger partial charge in [-0.25, -0.2) is 0 Å². The zero-order chi connectivity index (χ0) is 42.7. The van der Waals surface area contributed by atoms with Crippen molar-refractivity contribution in [2.24, 2.45) is 22.6 Å². The minimum Gasteiger partial charge on any atom is -0.509 e. The Morgan fingerprint density at radius 2 is 1.62 bits per heavy atom. The highest BCUT2D eigenvalue weighted by Gasteiger charge is 2.74. The van der Waals surface area contributed by atoms with Gasteiger partial charge in [-0.15, -0.1) is 0 Å². The van der Waals surface area contributed by atoms with Crippen LogP contribution >= 0.6 is 7.60 Å². The number of primary amides is 1. The van der Waals surface area contributed by atoms with Crippen LogP contribution in [0.25, 0.3) is 16.9 Å². The Hall–Kier alpha value is -5.53. The van der Waals surface area contributed by atoms with Crippen LogP contribution in [0.15, 0.2) is 77.6 Å². The number of nitrogens with one attached hydrogen (secondary N) is 1. The summed E-state index contributed by atoms with van der Waals surface area (Å²) in [6, 6.07) is 17.9. The molecule has 3 aromatic rings. The van der Waals surface area contributed by atoms with Gasteiger partial charge >= 0.3 is 7.60 Å². The molecular weight excluding hydrogens is 765 g/mol. The lowest BCUT2D eigenvalue weighted by molar-refractivity contribution is -0.139. The summed E-state index contributed by atoms with van der Waals surface area (Å²) in [6.45, 7) is 3.69. The summed E-state index contributed by atoms with van der Waals surface area (Å²) in [6.07, 6.45) is -0.697. The van der Waals surface area contributed by atoms with E-state index in [1.54, 1.807) is 69.2 Å². The number of phenols is 1. The third-order valence-corrected chi connectivity index (χ3v) is 13.6. The van der Waals surface area contributed by atoms with Gasteiger partial charge in [-0.1, -0.05) is 42.5 Å². The molecule has 0 aliphatic heterocycles. The Morgan fingerprint density at radius 1 is 1.02 bits per heavy atom. The fraction of sp³-hybridized carbons (Fsp3) is 0.366. The molecule has 0 aromatic heterocycles. The molecule has 3 aromatic carbocycles. The Kier molecular flexibility index (Phi) is 10.9. The third-order valence-electron chi connectivity index (χ3n) is 11.3. The van der Waals surface area contributed by atoms with Crippen LogP contribution in [0, 0.1) is 16.7 Å². The van der Waals surface area contributed by atoms with Crippen molar-refractivity contribution in [3.8, 4) is 22.9 Å². The number of phenolic OH excluding ortho intramolecular Hbond substituents is 1. The number of para-hydroxylation sites is 1. The molecule has 306 valence electrons. The number of nitriles is 1. The van der Waals surface area contributed by atoms with Gasteiger partial charge in [-0.05, 0) is 75.7 Å². The summed E-state index contributed by atoms with van der Waals surface area (Å²) >= 11 is 0. The van der Waals surface area contributed by atoms with E-state index >= 15 is 0 Å². The minimum absolute atomic E-state index is 0.128. The van der Waals surface area contributed by atoms with Crippen molar-refractivity contribution in [1.29, 1.82) is 5.26 Å². The van der Waals surface area contributed by atoms with Gasteiger partial charge in [0.05, 0.1) is 47.5 Å². The van der Waals surface area contributed by atoms with E-state index in [9.17, 15) is 39.5 Å². The monoisotopic (exact) mass is 813 g/mol. The number of Topliss-reactive ketones (excluding diaryl/α,β-unsaturated/α-hetero) is 2. The molecule has 6 rings (SSSR count). The van der Waals surface area contributed by atoms with Crippen molar-refractivity contribution in [2.45, 2.75) is 49.6 Å². The molecule has 0 heterocycles. The third kappa shape index (κ3) is 6.17. The van der Waals surface area contributed by atoms with E-state index in [1.807, 2.05) is 30.3 Å². The summed E-state index contributed by atoms with van der Waals surface area (Å²) in [4.78, 5) is 44.3. The van der Waals surface area contributed by atoms with Gasteiger partial charge in [-0.2, -0.15) is 5.26 Å². The van der Waals surface area contributed by atoms with E-state index in [0.717, 1.165) is 0 Å². The predicted octanol–water partition coefficient (Wildman–Crippen LogP) is 4.02. The molecule has 1 amide bonds. The van der Waals surface area contributed by atoms with Gasteiger partial charge in [0.1, 0.15) is 22.8 Å². The van der Waals surface area contributed by atoms with Gasteiger partial charge in [0.15, 0.2) is 22.8 Å². The number of anilines is 2. The fourth-order valence-corrected chi connectivity index (χ4v) is 10.9. The largest absolute Gasteiger partial charge is 0.509 e. The molecule has 0 bridgehead atoms. The second kappa shape index (κ2) is 15.0. The number of nitrogens with zero attached hydrogens (tertiary/aromatic N) is 3. The smallest absolute Gasteiger partial charge is 0.357 e.